The molecule has 0 amide bonds. The highest BCUT2D eigenvalue weighted by Gasteiger charge is 2.27. The van der Waals surface area contributed by atoms with Gasteiger partial charge in [0.15, 0.2) is 6.10 Å². The van der Waals surface area contributed by atoms with E-state index in [0.717, 1.165) is 13.0 Å². The molecule has 0 aliphatic rings. The van der Waals surface area contributed by atoms with E-state index in [2.05, 4.69) is 6.58 Å². The van der Waals surface area contributed by atoms with Crippen LogP contribution in [0, 0.1) is 5.82 Å². The van der Waals surface area contributed by atoms with Gasteiger partial charge in [-0.05, 0) is 19.1 Å². The first kappa shape index (κ1) is 16.2. The number of rotatable bonds is 5. The van der Waals surface area contributed by atoms with Crippen molar-refractivity contribution in [3.05, 3.63) is 46.8 Å². The van der Waals surface area contributed by atoms with Gasteiger partial charge in [-0.3, -0.25) is 4.79 Å². The van der Waals surface area contributed by atoms with Crippen molar-refractivity contribution >= 4 is 23.5 Å². The van der Waals surface area contributed by atoms with Crippen molar-refractivity contribution in [2.45, 2.75) is 20.0 Å². The molecule has 1 unspecified atom stereocenters. The van der Waals surface area contributed by atoms with E-state index in [1.807, 2.05) is 0 Å². The molecule has 0 saturated carbocycles. The fourth-order valence-corrected chi connectivity index (χ4v) is 1.69. The lowest BCUT2D eigenvalue weighted by molar-refractivity contribution is -0.148. The molecule has 0 bridgehead atoms. The zero-order valence-corrected chi connectivity index (χ0v) is 11.9. The Morgan fingerprint density at radius 1 is 1.45 bits per heavy atom. The van der Waals surface area contributed by atoms with Gasteiger partial charge in [-0.2, -0.15) is 0 Å². The molecule has 1 aromatic carbocycles. The van der Waals surface area contributed by atoms with Gasteiger partial charge in [0.25, 0.3) is 0 Å². The Balaban J connectivity index is 3.14. The summed E-state index contributed by atoms with van der Waals surface area (Å²) in [4.78, 5) is 22.8. The van der Waals surface area contributed by atoms with Gasteiger partial charge in [-0.25, -0.2) is 9.18 Å². The first-order valence-electron chi connectivity index (χ1n) is 5.84. The first-order valence-corrected chi connectivity index (χ1v) is 6.22. The minimum atomic E-state index is -1.25. The number of carbonyl (C=O) groups is 2. The van der Waals surface area contributed by atoms with E-state index in [1.165, 1.54) is 12.1 Å². The van der Waals surface area contributed by atoms with Gasteiger partial charge in [0, 0.05) is 17.5 Å². The van der Waals surface area contributed by atoms with Crippen LogP contribution in [0.1, 0.15) is 25.5 Å². The van der Waals surface area contributed by atoms with Gasteiger partial charge < -0.3 is 9.47 Å². The highest BCUT2D eigenvalue weighted by molar-refractivity contribution is 6.30. The molecule has 0 aromatic heterocycles. The molecule has 1 atom stereocenters. The molecule has 0 heterocycles. The van der Waals surface area contributed by atoms with Crippen molar-refractivity contribution in [1.29, 1.82) is 0 Å². The summed E-state index contributed by atoms with van der Waals surface area (Å²) in [6.07, 6.45) is -1.25. The summed E-state index contributed by atoms with van der Waals surface area (Å²) in [7, 11) is 0. The average molecular weight is 301 g/mol. The monoisotopic (exact) mass is 300 g/mol. The van der Waals surface area contributed by atoms with E-state index in [1.54, 1.807) is 6.92 Å². The minimum Gasteiger partial charge on any atom is -0.463 e. The topological polar surface area (TPSA) is 52.6 Å². The molecule has 0 aliphatic carbocycles. The molecule has 0 radical (unpaired) electrons. The number of carbonyl (C=O) groups excluding carboxylic acids is 2. The molecule has 108 valence electrons. The molecule has 0 N–H and O–H groups in total. The third-order valence-corrected chi connectivity index (χ3v) is 2.62. The number of hydrogen-bond acceptors (Lipinski definition) is 4. The summed E-state index contributed by atoms with van der Waals surface area (Å²) < 4.78 is 23.6. The van der Waals surface area contributed by atoms with E-state index in [-0.39, 0.29) is 22.8 Å². The smallest absolute Gasteiger partial charge is 0.337 e. The lowest BCUT2D eigenvalue weighted by Gasteiger charge is -2.19. The van der Waals surface area contributed by atoms with Gasteiger partial charge >= 0.3 is 11.9 Å². The molecule has 0 saturated heterocycles. The van der Waals surface area contributed by atoms with E-state index in [0.29, 0.717) is 0 Å². The molecular formula is C14H14ClFO4. The molecule has 4 nitrogen and oxygen atoms in total. The van der Waals surface area contributed by atoms with Crippen LogP contribution >= 0.6 is 11.6 Å². The molecule has 0 spiro atoms. The van der Waals surface area contributed by atoms with Crippen LogP contribution in [0.15, 0.2) is 30.4 Å². The maximum absolute atomic E-state index is 13.9. The third-order valence-electron chi connectivity index (χ3n) is 2.38. The van der Waals surface area contributed by atoms with E-state index < -0.39 is 23.9 Å². The average Bonchev–Trinajstić information content (AvgIpc) is 2.35. The predicted octanol–water partition coefficient (Wildman–Crippen LogP) is 3.20. The number of esters is 2. The normalized spacial score (nSPS) is 11.6. The van der Waals surface area contributed by atoms with Gasteiger partial charge in [0.05, 0.1) is 12.2 Å². The van der Waals surface area contributed by atoms with Crippen molar-refractivity contribution in [1.82, 2.24) is 0 Å². The summed E-state index contributed by atoms with van der Waals surface area (Å²) in [5, 5.41) is 0.189. The van der Waals surface area contributed by atoms with Crippen molar-refractivity contribution in [3.63, 3.8) is 0 Å². The fraction of sp³-hybridized carbons (Fsp3) is 0.286. The van der Waals surface area contributed by atoms with E-state index in [4.69, 9.17) is 21.1 Å². The van der Waals surface area contributed by atoms with Crippen LogP contribution in [-0.2, 0) is 19.1 Å². The van der Waals surface area contributed by atoms with E-state index in [9.17, 15) is 14.0 Å². The molecule has 0 aliphatic heterocycles. The number of benzene rings is 1. The number of ether oxygens (including phenoxy) is 2. The Kier molecular flexibility index (Phi) is 5.70. The molecule has 20 heavy (non-hydrogen) atoms. The van der Waals surface area contributed by atoms with Crippen LogP contribution in [-0.4, -0.2) is 18.5 Å². The lowest BCUT2D eigenvalue weighted by Crippen LogP contribution is -2.19. The maximum atomic E-state index is 13.9. The SMILES string of the molecule is C=C(C(=O)OCC)C(OC(C)=O)c1ccc(Cl)cc1F. The standard InChI is InChI=1S/C14H14ClFO4/c1-4-19-14(18)8(2)13(20-9(3)17)11-6-5-10(15)7-12(11)16/h5-7,13H,2,4H2,1,3H3. The summed E-state index contributed by atoms with van der Waals surface area (Å²) in [6, 6.07) is 3.82. The highest BCUT2D eigenvalue weighted by Crippen LogP contribution is 2.29. The van der Waals surface area contributed by atoms with E-state index >= 15 is 0 Å². The predicted molar refractivity (Wildman–Crippen MR) is 71.7 cm³/mol. The highest BCUT2D eigenvalue weighted by atomic mass is 35.5. The van der Waals surface area contributed by atoms with Crippen LogP contribution < -0.4 is 0 Å². The van der Waals surface area contributed by atoms with Crippen LogP contribution in [0.2, 0.25) is 5.02 Å². The van der Waals surface area contributed by atoms with Gasteiger partial charge in [-0.15, -0.1) is 0 Å². The Bertz CT molecular complexity index is 542. The molecule has 1 aromatic rings. The van der Waals surface area contributed by atoms with Crippen molar-refractivity contribution < 1.29 is 23.5 Å². The van der Waals surface area contributed by atoms with Gasteiger partial charge in [0.2, 0.25) is 0 Å². The second-order valence-electron chi connectivity index (χ2n) is 3.90. The van der Waals surface area contributed by atoms with Crippen molar-refractivity contribution in [2.24, 2.45) is 0 Å². The Labute approximate surface area is 121 Å². The molecule has 6 heteroatoms. The van der Waals surface area contributed by atoms with Crippen LogP contribution in [0.25, 0.3) is 0 Å². The number of halogens is 2. The molecule has 1 rings (SSSR count). The van der Waals surface area contributed by atoms with Crippen LogP contribution in [0.4, 0.5) is 4.39 Å². The number of hydrogen-bond donors (Lipinski definition) is 0. The lowest BCUT2D eigenvalue weighted by atomic mass is 10.0. The van der Waals surface area contributed by atoms with Crippen molar-refractivity contribution in [2.75, 3.05) is 6.61 Å². The van der Waals surface area contributed by atoms with Crippen LogP contribution in [0.3, 0.4) is 0 Å². The summed E-state index contributed by atoms with van der Waals surface area (Å²) in [6.45, 7) is 6.42. The third kappa shape index (κ3) is 4.06. The summed E-state index contributed by atoms with van der Waals surface area (Å²) in [5.41, 5.74) is -0.175. The second kappa shape index (κ2) is 7.05. The molecule has 0 fully saturated rings. The van der Waals surface area contributed by atoms with Gasteiger partial charge in [0.1, 0.15) is 5.82 Å². The van der Waals surface area contributed by atoms with Crippen molar-refractivity contribution in [3.8, 4) is 0 Å². The first-order chi connectivity index (χ1) is 9.36. The molecular weight excluding hydrogens is 287 g/mol. The minimum absolute atomic E-state index is 0.0114. The summed E-state index contributed by atoms with van der Waals surface area (Å²) in [5.74, 6) is -2.13. The Hall–Kier alpha value is -1.88. The maximum Gasteiger partial charge on any atom is 0.337 e. The zero-order valence-electron chi connectivity index (χ0n) is 11.1. The van der Waals surface area contributed by atoms with Gasteiger partial charge in [-0.1, -0.05) is 24.2 Å². The quantitative estimate of drug-likeness (QED) is 0.619. The van der Waals surface area contributed by atoms with Crippen LogP contribution in [0.5, 0.6) is 0 Å². The largest absolute Gasteiger partial charge is 0.463 e. The second-order valence-corrected chi connectivity index (χ2v) is 4.34. The Morgan fingerprint density at radius 2 is 2.10 bits per heavy atom. The fourth-order valence-electron chi connectivity index (χ4n) is 1.53. The Morgan fingerprint density at radius 3 is 2.60 bits per heavy atom. The summed E-state index contributed by atoms with van der Waals surface area (Å²) >= 11 is 5.66. The zero-order chi connectivity index (χ0) is 15.3.